The molecular weight excluding hydrogens is 149 g/mol. The summed E-state index contributed by atoms with van der Waals surface area (Å²) in [4.78, 5) is 9.90. The first-order chi connectivity index (χ1) is 4.48. The highest BCUT2D eigenvalue weighted by molar-refractivity contribution is 5.81. The average Bonchev–Trinajstić information content (AvgIpc) is 1.80. The van der Waals surface area contributed by atoms with Gasteiger partial charge in [-0.15, -0.1) is 0 Å². The van der Waals surface area contributed by atoms with Crippen molar-refractivity contribution in [2.24, 2.45) is 0 Å². The molecule has 2 N–H and O–H groups in total. The van der Waals surface area contributed by atoms with E-state index >= 15 is 0 Å². The number of nitrogens with one attached hydrogen (secondary N) is 2. The maximum Gasteiger partial charge on any atom is 0.471 e. The molecule has 0 heterocycles. The molecule has 0 saturated carbocycles. The zero-order valence-electron chi connectivity index (χ0n) is 4.96. The van der Waals surface area contributed by atoms with E-state index in [1.54, 1.807) is 0 Å². The molecule has 0 rings (SSSR count). The highest BCUT2D eigenvalue weighted by Gasteiger charge is 2.37. The minimum atomic E-state index is -4.82. The Labute approximate surface area is 55.4 Å². The molecule has 0 saturated heterocycles. The highest BCUT2D eigenvalue weighted by atomic mass is 19.4. The van der Waals surface area contributed by atoms with E-state index in [1.165, 1.54) is 5.32 Å². The molecule has 0 aromatic carbocycles. The fourth-order valence-corrected chi connectivity index (χ4v) is 0.276. The fourth-order valence-electron chi connectivity index (χ4n) is 0.276. The second kappa shape index (κ2) is 3.40. The van der Waals surface area contributed by atoms with Crippen LogP contribution in [0.5, 0.6) is 0 Å². The van der Waals surface area contributed by atoms with Crippen molar-refractivity contribution in [3.8, 4) is 0 Å². The predicted octanol–water partition coefficient (Wildman–Crippen LogP) is -0.0522. The molecule has 10 heavy (non-hydrogen) atoms. The standard InChI is InChI=1S/C4H6F3N2O/c5-4(6,7)3(10)9-2-1-8/h8H,1-2H2,(H,9,10). The van der Waals surface area contributed by atoms with Crippen LogP contribution >= 0.6 is 0 Å². The number of halogens is 3. The van der Waals surface area contributed by atoms with Crippen LogP contribution in [0.25, 0.3) is 0 Å². The smallest absolute Gasteiger partial charge is 0.347 e. The Bertz CT molecular complexity index is 122. The summed E-state index contributed by atoms with van der Waals surface area (Å²) in [6.07, 6.45) is -4.82. The zero-order chi connectivity index (χ0) is 8.20. The molecule has 1 amide bonds. The second-order valence-electron chi connectivity index (χ2n) is 1.50. The van der Waals surface area contributed by atoms with E-state index in [4.69, 9.17) is 5.73 Å². The van der Waals surface area contributed by atoms with Gasteiger partial charge in [0.2, 0.25) is 0 Å². The van der Waals surface area contributed by atoms with Gasteiger partial charge in [0, 0.05) is 13.1 Å². The lowest BCUT2D eigenvalue weighted by atomic mass is 10.5. The number of hydrogen-bond donors (Lipinski definition) is 1. The Morgan fingerprint density at radius 1 is 1.50 bits per heavy atom. The maximum absolute atomic E-state index is 11.3. The van der Waals surface area contributed by atoms with Crippen molar-refractivity contribution in [2.45, 2.75) is 6.18 Å². The van der Waals surface area contributed by atoms with Crippen molar-refractivity contribution >= 4 is 5.91 Å². The van der Waals surface area contributed by atoms with Gasteiger partial charge in [-0.3, -0.25) is 10.5 Å². The van der Waals surface area contributed by atoms with Crippen LogP contribution in [0.1, 0.15) is 0 Å². The number of alkyl halides is 3. The summed E-state index contributed by atoms with van der Waals surface area (Å²) < 4.78 is 33.9. The van der Waals surface area contributed by atoms with Crippen LogP contribution in [-0.4, -0.2) is 25.2 Å². The third-order valence-electron chi connectivity index (χ3n) is 0.668. The molecule has 0 aromatic rings. The van der Waals surface area contributed by atoms with Crippen molar-refractivity contribution in [1.29, 1.82) is 0 Å². The van der Waals surface area contributed by atoms with Gasteiger partial charge in [-0.25, -0.2) is 0 Å². The Balaban J connectivity index is 3.64. The van der Waals surface area contributed by atoms with Gasteiger partial charge in [0.05, 0.1) is 0 Å². The van der Waals surface area contributed by atoms with Gasteiger partial charge in [0.25, 0.3) is 0 Å². The topological polar surface area (TPSA) is 52.9 Å². The molecule has 1 radical (unpaired) electrons. The van der Waals surface area contributed by atoms with Gasteiger partial charge >= 0.3 is 12.1 Å². The summed E-state index contributed by atoms with van der Waals surface area (Å²) in [7, 11) is 0. The van der Waals surface area contributed by atoms with Crippen LogP contribution in [-0.2, 0) is 4.79 Å². The van der Waals surface area contributed by atoms with E-state index in [9.17, 15) is 18.0 Å². The first kappa shape index (κ1) is 9.22. The van der Waals surface area contributed by atoms with Crippen LogP contribution in [0.3, 0.4) is 0 Å². The summed E-state index contributed by atoms with van der Waals surface area (Å²) in [6.45, 7) is -0.514. The van der Waals surface area contributed by atoms with Crippen molar-refractivity contribution < 1.29 is 18.0 Å². The number of rotatable bonds is 2. The molecule has 0 fully saturated rings. The van der Waals surface area contributed by atoms with Crippen molar-refractivity contribution in [1.82, 2.24) is 11.1 Å². The molecule has 6 heteroatoms. The van der Waals surface area contributed by atoms with Crippen LogP contribution < -0.4 is 11.1 Å². The number of amides is 1. The van der Waals surface area contributed by atoms with Gasteiger partial charge in [-0.05, 0) is 0 Å². The molecule has 59 valence electrons. The fraction of sp³-hybridized carbons (Fsp3) is 0.750. The van der Waals surface area contributed by atoms with E-state index < -0.39 is 12.1 Å². The van der Waals surface area contributed by atoms with E-state index in [0.717, 1.165) is 0 Å². The molecule has 0 bridgehead atoms. The Morgan fingerprint density at radius 3 is 2.30 bits per heavy atom. The summed E-state index contributed by atoms with van der Waals surface area (Å²) in [5.74, 6) is -1.99. The van der Waals surface area contributed by atoms with Crippen molar-refractivity contribution in [2.75, 3.05) is 13.1 Å². The average molecular weight is 155 g/mol. The van der Waals surface area contributed by atoms with Gasteiger partial charge in [-0.2, -0.15) is 13.2 Å². The lowest BCUT2D eigenvalue weighted by Gasteiger charge is -2.04. The maximum atomic E-state index is 11.3. The van der Waals surface area contributed by atoms with Gasteiger partial charge in [0.15, 0.2) is 0 Å². The first-order valence-electron chi connectivity index (χ1n) is 2.48. The molecule has 0 aliphatic heterocycles. The molecule has 0 aromatic heterocycles. The highest BCUT2D eigenvalue weighted by Crippen LogP contribution is 2.13. The predicted molar refractivity (Wildman–Crippen MR) is 27.0 cm³/mol. The van der Waals surface area contributed by atoms with Crippen LogP contribution in [0.2, 0.25) is 0 Å². The monoisotopic (exact) mass is 155 g/mol. The molecule has 0 aliphatic carbocycles. The lowest BCUT2D eigenvalue weighted by molar-refractivity contribution is -0.173. The van der Waals surface area contributed by atoms with Gasteiger partial charge in [-0.1, -0.05) is 0 Å². The molecule has 0 aliphatic rings. The van der Waals surface area contributed by atoms with Gasteiger partial charge < -0.3 is 5.32 Å². The van der Waals surface area contributed by atoms with Crippen LogP contribution in [0.4, 0.5) is 13.2 Å². The molecule has 0 spiro atoms. The van der Waals surface area contributed by atoms with Crippen molar-refractivity contribution in [3.05, 3.63) is 0 Å². The van der Waals surface area contributed by atoms with E-state index in [0.29, 0.717) is 0 Å². The lowest BCUT2D eigenvalue weighted by Crippen LogP contribution is -2.38. The second-order valence-corrected chi connectivity index (χ2v) is 1.50. The Kier molecular flexibility index (Phi) is 3.14. The SMILES string of the molecule is [NH]CCNC(=O)C(F)(F)F. The number of hydrogen-bond acceptors (Lipinski definition) is 1. The van der Waals surface area contributed by atoms with E-state index in [-0.39, 0.29) is 13.1 Å². The summed E-state index contributed by atoms with van der Waals surface area (Å²) in [5.41, 5.74) is 6.42. The molecule has 0 atom stereocenters. The third-order valence-corrected chi connectivity index (χ3v) is 0.668. The first-order valence-corrected chi connectivity index (χ1v) is 2.48. The zero-order valence-corrected chi connectivity index (χ0v) is 4.96. The van der Waals surface area contributed by atoms with Crippen LogP contribution in [0.15, 0.2) is 0 Å². The quantitative estimate of drug-likeness (QED) is 0.597. The van der Waals surface area contributed by atoms with E-state index in [1.807, 2.05) is 0 Å². The summed E-state index contributed by atoms with van der Waals surface area (Å²) in [6, 6.07) is 0. The largest absolute Gasteiger partial charge is 0.471 e. The van der Waals surface area contributed by atoms with Crippen LogP contribution in [0, 0.1) is 0 Å². The minimum Gasteiger partial charge on any atom is -0.347 e. The van der Waals surface area contributed by atoms with E-state index in [2.05, 4.69) is 0 Å². The molecule has 0 unspecified atom stereocenters. The Hall–Kier alpha value is -0.780. The molecular formula is C4H6F3N2O. The number of carbonyl (C=O) groups excluding carboxylic acids is 1. The molecule has 3 nitrogen and oxygen atoms in total. The summed E-state index contributed by atoms with van der Waals surface area (Å²) in [5, 5.41) is 1.52. The normalized spacial score (nSPS) is 11.2. The third kappa shape index (κ3) is 3.29. The minimum absolute atomic E-state index is 0.248. The Morgan fingerprint density at radius 2 is 2.00 bits per heavy atom. The van der Waals surface area contributed by atoms with Crippen molar-refractivity contribution in [3.63, 3.8) is 0 Å². The number of carbonyl (C=O) groups is 1. The van der Waals surface area contributed by atoms with Gasteiger partial charge in [0.1, 0.15) is 0 Å². The summed E-state index contributed by atoms with van der Waals surface area (Å²) >= 11 is 0.